The summed E-state index contributed by atoms with van der Waals surface area (Å²) in [6, 6.07) is 10.3. The van der Waals surface area contributed by atoms with Crippen LogP contribution >= 0.6 is 23.5 Å². The second-order valence-corrected chi connectivity index (χ2v) is 6.09. The van der Waals surface area contributed by atoms with Gasteiger partial charge in [-0.05, 0) is 24.0 Å². The molecular weight excluding hydrogens is 276 g/mol. The van der Waals surface area contributed by atoms with Gasteiger partial charge in [0.25, 0.3) is 0 Å². The molecule has 4 nitrogen and oxygen atoms in total. The van der Waals surface area contributed by atoms with E-state index in [-0.39, 0.29) is 6.04 Å². The molecule has 0 spiro atoms. The molecule has 1 atom stereocenters. The van der Waals surface area contributed by atoms with Gasteiger partial charge in [-0.2, -0.15) is 11.8 Å². The number of hydrogen-bond acceptors (Lipinski definition) is 5. The third kappa shape index (κ3) is 4.56. The zero-order valence-corrected chi connectivity index (χ0v) is 12.5. The van der Waals surface area contributed by atoms with Crippen LogP contribution in [0.15, 0.2) is 35.5 Å². The van der Waals surface area contributed by atoms with E-state index in [1.807, 2.05) is 18.2 Å². The molecule has 0 bridgehead atoms. The molecule has 1 aromatic carbocycles. The average molecular weight is 294 g/mol. The van der Waals surface area contributed by atoms with Crippen molar-refractivity contribution < 1.29 is 0 Å². The van der Waals surface area contributed by atoms with Gasteiger partial charge in [0.15, 0.2) is 0 Å². The quantitative estimate of drug-likeness (QED) is 0.769. The Bertz CT molecular complexity index is 486. The molecule has 2 aromatic rings. The number of hydrogen-bond donors (Lipinski definition) is 2. The third-order valence-corrected chi connectivity index (χ3v) is 4.24. The van der Waals surface area contributed by atoms with Crippen molar-refractivity contribution in [3.63, 3.8) is 0 Å². The molecule has 1 heterocycles. The number of rotatable bonds is 7. The van der Waals surface area contributed by atoms with Gasteiger partial charge in [0.05, 0.1) is 6.04 Å². The van der Waals surface area contributed by atoms with Crippen molar-refractivity contribution in [3.8, 4) is 0 Å². The Kier molecular flexibility index (Phi) is 5.75. The molecule has 0 fully saturated rings. The van der Waals surface area contributed by atoms with Crippen LogP contribution in [0.4, 0.5) is 0 Å². The molecule has 6 heteroatoms. The van der Waals surface area contributed by atoms with E-state index < -0.39 is 0 Å². The van der Waals surface area contributed by atoms with Crippen molar-refractivity contribution in [2.45, 2.75) is 23.4 Å². The standard InChI is InChI=1S/C13H18N4S2/c1-18-8-7-11(14)12-15-13(17-16-12)19-9-10-5-3-2-4-6-10/h2-6,11H,7-9,14H2,1H3,(H,15,16,17)/t11-/m0/s1. The highest BCUT2D eigenvalue weighted by Gasteiger charge is 2.11. The van der Waals surface area contributed by atoms with Gasteiger partial charge in [0.2, 0.25) is 5.16 Å². The van der Waals surface area contributed by atoms with Gasteiger partial charge in [0, 0.05) is 5.75 Å². The van der Waals surface area contributed by atoms with Gasteiger partial charge in [-0.3, -0.25) is 5.10 Å². The van der Waals surface area contributed by atoms with E-state index in [1.54, 1.807) is 23.5 Å². The van der Waals surface area contributed by atoms with Crippen LogP contribution in [-0.4, -0.2) is 27.2 Å². The molecule has 19 heavy (non-hydrogen) atoms. The van der Waals surface area contributed by atoms with Gasteiger partial charge in [0.1, 0.15) is 5.82 Å². The molecule has 102 valence electrons. The van der Waals surface area contributed by atoms with Crippen LogP contribution in [0.5, 0.6) is 0 Å². The van der Waals surface area contributed by atoms with Crippen LogP contribution in [0.25, 0.3) is 0 Å². The topological polar surface area (TPSA) is 67.6 Å². The number of nitrogens with two attached hydrogens (primary N) is 1. The molecule has 0 unspecified atom stereocenters. The maximum absolute atomic E-state index is 6.05. The van der Waals surface area contributed by atoms with E-state index in [2.05, 4.69) is 33.6 Å². The van der Waals surface area contributed by atoms with Gasteiger partial charge in [-0.15, -0.1) is 5.10 Å². The predicted octanol–water partition coefficient (Wildman–Crippen LogP) is 2.85. The van der Waals surface area contributed by atoms with Gasteiger partial charge >= 0.3 is 0 Å². The molecular formula is C13H18N4S2. The summed E-state index contributed by atoms with van der Waals surface area (Å²) in [5, 5.41) is 7.90. The number of aromatic nitrogens is 3. The molecule has 0 amide bonds. The Morgan fingerprint density at radius 3 is 2.84 bits per heavy atom. The van der Waals surface area contributed by atoms with Crippen molar-refractivity contribution in [2.24, 2.45) is 5.73 Å². The Morgan fingerprint density at radius 2 is 2.11 bits per heavy atom. The first-order valence-electron chi connectivity index (χ1n) is 6.13. The molecule has 2 rings (SSSR count). The first-order valence-corrected chi connectivity index (χ1v) is 8.51. The average Bonchev–Trinajstić information content (AvgIpc) is 2.92. The van der Waals surface area contributed by atoms with Crippen molar-refractivity contribution >= 4 is 23.5 Å². The summed E-state index contributed by atoms with van der Waals surface area (Å²) in [6.07, 6.45) is 2.99. The zero-order chi connectivity index (χ0) is 13.5. The fraction of sp³-hybridized carbons (Fsp3) is 0.385. The Labute approximate surface area is 122 Å². The number of benzene rings is 1. The maximum Gasteiger partial charge on any atom is 0.208 e. The molecule has 0 aliphatic rings. The zero-order valence-electron chi connectivity index (χ0n) is 10.9. The van der Waals surface area contributed by atoms with E-state index in [1.165, 1.54) is 5.56 Å². The molecule has 0 aliphatic carbocycles. The minimum atomic E-state index is -0.0500. The first kappa shape index (κ1) is 14.4. The lowest BCUT2D eigenvalue weighted by Crippen LogP contribution is -2.12. The lowest BCUT2D eigenvalue weighted by Gasteiger charge is -2.05. The first-order chi connectivity index (χ1) is 9.29. The van der Waals surface area contributed by atoms with Crippen molar-refractivity contribution in [2.75, 3.05) is 12.0 Å². The van der Waals surface area contributed by atoms with E-state index in [0.29, 0.717) is 0 Å². The lowest BCUT2D eigenvalue weighted by molar-refractivity contribution is 0.657. The van der Waals surface area contributed by atoms with Crippen LogP contribution in [-0.2, 0) is 5.75 Å². The minimum Gasteiger partial charge on any atom is -0.321 e. The third-order valence-electron chi connectivity index (χ3n) is 2.68. The summed E-state index contributed by atoms with van der Waals surface area (Å²) in [7, 11) is 0. The monoisotopic (exact) mass is 294 g/mol. The fourth-order valence-electron chi connectivity index (χ4n) is 1.59. The summed E-state index contributed by atoms with van der Waals surface area (Å²) in [5.74, 6) is 2.69. The fourth-order valence-corrected chi connectivity index (χ4v) is 2.84. The minimum absolute atomic E-state index is 0.0500. The van der Waals surface area contributed by atoms with E-state index >= 15 is 0 Å². The number of thioether (sulfide) groups is 2. The maximum atomic E-state index is 6.05. The lowest BCUT2D eigenvalue weighted by atomic mass is 10.2. The molecule has 1 aromatic heterocycles. The number of aromatic amines is 1. The highest BCUT2D eigenvalue weighted by atomic mass is 32.2. The van der Waals surface area contributed by atoms with Crippen LogP contribution in [0.3, 0.4) is 0 Å². The van der Waals surface area contributed by atoms with Gasteiger partial charge in [-0.25, -0.2) is 4.98 Å². The Balaban J connectivity index is 1.87. The molecule has 0 aliphatic heterocycles. The molecule has 0 radical (unpaired) electrons. The molecule has 3 N–H and O–H groups in total. The van der Waals surface area contributed by atoms with Crippen molar-refractivity contribution in [3.05, 3.63) is 41.7 Å². The largest absolute Gasteiger partial charge is 0.321 e. The number of H-pyrrole nitrogens is 1. The number of nitrogens with zero attached hydrogens (tertiary/aromatic N) is 2. The Morgan fingerprint density at radius 1 is 1.32 bits per heavy atom. The van der Waals surface area contributed by atoms with E-state index in [0.717, 1.165) is 28.9 Å². The highest BCUT2D eigenvalue weighted by molar-refractivity contribution is 7.98. The van der Waals surface area contributed by atoms with Crippen molar-refractivity contribution in [1.82, 2.24) is 15.2 Å². The Hall–Kier alpha value is -0.980. The highest BCUT2D eigenvalue weighted by Crippen LogP contribution is 2.20. The van der Waals surface area contributed by atoms with E-state index in [9.17, 15) is 0 Å². The summed E-state index contributed by atoms with van der Waals surface area (Å²) >= 11 is 3.41. The van der Waals surface area contributed by atoms with Crippen LogP contribution in [0.1, 0.15) is 23.9 Å². The van der Waals surface area contributed by atoms with Crippen LogP contribution in [0.2, 0.25) is 0 Å². The SMILES string of the molecule is CSCC[C@H](N)c1nc(SCc2ccccc2)n[nH]1. The van der Waals surface area contributed by atoms with Crippen LogP contribution in [0, 0.1) is 0 Å². The van der Waals surface area contributed by atoms with Crippen molar-refractivity contribution in [1.29, 1.82) is 0 Å². The summed E-state index contributed by atoms with van der Waals surface area (Å²) in [6.45, 7) is 0. The molecule has 0 saturated carbocycles. The van der Waals surface area contributed by atoms with E-state index in [4.69, 9.17) is 5.73 Å². The normalized spacial score (nSPS) is 12.5. The molecule has 0 saturated heterocycles. The summed E-state index contributed by atoms with van der Waals surface area (Å²) < 4.78 is 0. The predicted molar refractivity (Wildman–Crippen MR) is 82.3 cm³/mol. The second-order valence-electron chi connectivity index (χ2n) is 4.17. The summed E-state index contributed by atoms with van der Waals surface area (Å²) in [4.78, 5) is 4.44. The van der Waals surface area contributed by atoms with Gasteiger partial charge < -0.3 is 5.73 Å². The van der Waals surface area contributed by atoms with Crippen LogP contribution < -0.4 is 5.73 Å². The van der Waals surface area contributed by atoms with Gasteiger partial charge in [-0.1, -0.05) is 42.1 Å². The summed E-state index contributed by atoms with van der Waals surface area (Å²) in [5.41, 5.74) is 7.31. The smallest absolute Gasteiger partial charge is 0.208 e. The number of nitrogens with one attached hydrogen (secondary N) is 1. The second kappa shape index (κ2) is 7.57.